The Morgan fingerprint density at radius 3 is 2.16 bits per heavy atom. The summed E-state index contributed by atoms with van der Waals surface area (Å²) in [6.07, 6.45) is -4.59. The predicted octanol–water partition coefficient (Wildman–Crippen LogP) is 3.25. The van der Waals surface area contributed by atoms with Crippen LogP contribution in [0.4, 0.5) is 13.2 Å². The number of rotatable bonds is 6. The molecule has 0 radical (unpaired) electrons. The van der Waals surface area contributed by atoms with E-state index in [1.165, 1.54) is 0 Å². The van der Waals surface area contributed by atoms with E-state index in [9.17, 15) is 21.6 Å². The smallest absolute Gasteiger partial charge is 0.305 e. The van der Waals surface area contributed by atoms with Crippen molar-refractivity contribution in [1.82, 2.24) is 9.62 Å². The van der Waals surface area contributed by atoms with E-state index in [0.717, 1.165) is 35.9 Å². The third-order valence-corrected chi connectivity index (χ3v) is 4.86. The zero-order chi connectivity index (χ0) is 18.7. The molecule has 0 bridgehead atoms. The molecule has 0 spiro atoms. The monoisotopic (exact) mass is 372 g/mol. The van der Waals surface area contributed by atoms with Crippen LogP contribution in [0.3, 0.4) is 0 Å². The van der Waals surface area contributed by atoms with Crippen molar-refractivity contribution < 1.29 is 21.6 Å². The molecule has 0 aliphatic rings. The van der Waals surface area contributed by atoms with Crippen LogP contribution in [0.5, 0.6) is 0 Å². The molecule has 4 nitrogen and oxygen atoms in total. The van der Waals surface area contributed by atoms with E-state index in [4.69, 9.17) is 0 Å². The van der Waals surface area contributed by atoms with Gasteiger partial charge < -0.3 is 4.90 Å². The molecule has 2 rings (SSSR count). The van der Waals surface area contributed by atoms with Crippen molar-refractivity contribution in [2.45, 2.75) is 24.2 Å². The topological polar surface area (TPSA) is 49.4 Å². The van der Waals surface area contributed by atoms with Crippen LogP contribution in [0.1, 0.15) is 16.7 Å². The normalized spacial score (nSPS) is 12.6. The fourth-order valence-corrected chi connectivity index (χ4v) is 3.29. The molecule has 0 heterocycles. The summed E-state index contributed by atoms with van der Waals surface area (Å²) in [5.74, 6) is 0. The molecule has 0 saturated carbocycles. The quantitative estimate of drug-likeness (QED) is 0.847. The van der Waals surface area contributed by atoms with Crippen LogP contribution in [-0.4, -0.2) is 27.4 Å². The molecule has 0 aliphatic carbocycles. The zero-order valence-corrected chi connectivity index (χ0v) is 14.7. The van der Waals surface area contributed by atoms with Gasteiger partial charge in [-0.1, -0.05) is 30.3 Å². The van der Waals surface area contributed by atoms with Crippen molar-refractivity contribution in [3.63, 3.8) is 0 Å². The number of alkyl halides is 3. The van der Waals surface area contributed by atoms with Crippen molar-refractivity contribution >= 4 is 10.0 Å². The van der Waals surface area contributed by atoms with Gasteiger partial charge in [0.05, 0.1) is 10.5 Å². The third-order valence-electron chi connectivity index (χ3n) is 3.46. The molecule has 0 atom stereocenters. The lowest BCUT2D eigenvalue weighted by atomic mass is 10.1. The highest BCUT2D eigenvalue weighted by Crippen LogP contribution is 2.30. The van der Waals surface area contributed by atoms with Gasteiger partial charge in [-0.3, -0.25) is 0 Å². The minimum atomic E-state index is -4.59. The maximum absolute atomic E-state index is 12.7. The van der Waals surface area contributed by atoms with Crippen molar-refractivity contribution in [2.75, 3.05) is 14.1 Å². The van der Waals surface area contributed by atoms with Gasteiger partial charge in [-0.05, 0) is 43.4 Å². The summed E-state index contributed by atoms with van der Waals surface area (Å²) in [6, 6.07) is 11.0. The zero-order valence-electron chi connectivity index (χ0n) is 13.8. The van der Waals surface area contributed by atoms with Crippen molar-refractivity contribution in [3.05, 3.63) is 65.2 Å². The number of nitrogens with zero attached hydrogens (tertiary/aromatic N) is 1. The molecule has 0 fully saturated rings. The molecule has 0 aromatic heterocycles. The molecule has 1 N–H and O–H groups in total. The molecule has 0 amide bonds. The average molecular weight is 372 g/mol. The SMILES string of the molecule is CN(C)Cc1ccc(CNS(=O)(=O)c2cccc(C(F)(F)F)c2)cc1. The Balaban J connectivity index is 2.09. The van der Waals surface area contributed by atoms with Crippen LogP contribution in [0.2, 0.25) is 0 Å². The van der Waals surface area contributed by atoms with Crippen molar-refractivity contribution in [3.8, 4) is 0 Å². The number of halogens is 3. The first-order valence-electron chi connectivity index (χ1n) is 7.47. The number of hydrogen-bond donors (Lipinski definition) is 1. The van der Waals surface area contributed by atoms with E-state index in [0.29, 0.717) is 6.07 Å². The van der Waals surface area contributed by atoms with Gasteiger partial charge >= 0.3 is 6.18 Å². The molecule has 8 heteroatoms. The second kappa shape index (κ2) is 7.55. The van der Waals surface area contributed by atoms with Gasteiger partial charge in [-0.25, -0.2) is 13.1 Å². The first-order valence-corrected chi connectivity index (χ1v) is 8.96. The Morgan fingerprint density at radius 1 is 1.00 bits per heavy atom. The molecular weight excluding hydrogens is 353 g/mol. The maximum atomic E-state index is 12.7. The van der Waals surface area contributed by atoms with Crippen LogP contribution in [0.25, 0.3) is 0 Å². The molecule has 2 aromatic rings. The second-order valence-electron chi connectivity index (χ2n) is 5.90. The third kappa shape index (κ3) is 5.55. The molecule has 25 heavy (non-hydrogen) atoms. The fourth-order valence-electron chi connectivity index (χ4n) is 2.23. The van der Waals surface area contributed by atoms with E-state index >= 15 is 0 Å². The second-order valence-corrected chi connectivity index (χ2v) is 7.67. The van der Waals surface area contributed by atoms with Crippen LogP contribution in [0.15, 0.2) is 53.4 Å². The van der Waals surface area contributed by atoms with Crippen LogP contribution < -0.4 is 4.72 Å². The van der Waals surface area contributed by atoms with Crippen LogP contribution >= 0.6 is 0 Å². The highest BCUT2D eigenvalue weighted by molar-refractivity contribution is 7.89. The minimum Gasteiger partial charge on any atom is -0.305 e. The largest absolute Gasteiger partial charge is 0.416 e. The first kappa shape index (κ1) is 19.4. The summed E-state index contributed by atoms with van der Waals surface area (Å²) in [5, 5.41) is 0. The van der Waals surface area contributed by atoms with E-state index in [1.807, 2.05) is 31.1 Å². The van der Waals surface area contributed by atoms with E-state index in [2.05, 4.69) is 4.72 Å². The Kier molecular flexibility index (Phi) is 5.87. The Bertz CT molecular complexity index is 817. The number of nitrogens with one attached hydrogen (secondary N) is 1. The minimum absolute atomic E-state index is 0.000817. The summed E-state index contributed by atoms with van der Waals surface area (Å²) < 4.78 is 64.9. The van der Waals surface area contributed by atoms with Gasteiger partial charge in [-0.2, -0.15) is 13.2 Å². The van der Waals surface area contributed by atoms with Gasteiger partial charge in [0.25, 0.3) is 0 Å². The molecule has 136 valence electrons. The molecule has 2 aromatic carbocycles. The van der Waals surface area contributed by atoms with Crippen molar-refractivity contribution in [1.29, 1.82) is 0 Å². The van der Waals surface area contributed by atoms with E-state index < -0.39 is 26.7 Å². The van der Waals surface area contributed by atoms with E-state index in [1.54, 1.807) is 12.1 Å². The summed E-state index contributed by atoms with van der Waals surface area (Å²) in [6.45, 7) is 0.761. The van der Waals surface area contributed by atoms with Crippen molar-refractivity contribution in [2.24, 2.45) is 0 Å². The fraction of sp³-hybridized carbons (Fsp3) is 0.294. The highest BCUT2D eigenvalue weighted by atomic mass is 32.2. The molecule has 0 aliphatic heterocycles. The van der Waals surface area contributed by atoms with Gasteiger partial charge in [0, 0.05) is 13.1 Å². The van der Waals surface area contributed by atoms with Crippen LogP contribution in [0, 0.1) is 0 Å². The molecular formula is C17H19F3N2O2S. The lowest BCUT2D eigenvalue weighted by molar-refractivity contribution is -0.137. The lowest BCUT2D eigenvalue weighted by Gasteiger charge is -2.12. The van der Waals surface area contributed by atoms with Gasteiger partial charge in [-0.15, -0.1) is 0 Å². The highest BCUT2D eigenvalue weighted by Gasteiger charge is 2.31. The summed E-state index contributed by atoms with van der Waals surface area (Å²) in [7, 11) is -0.145. The van der Waals surface area contributed by atoms with Crippen LogP contribution in [-0.2, 0) is 29.3 Å². The Hall–Kier alpha value is -1.90. The number of hydrogen-bond acceptors (Lipinski definition) is 3. The predicted molar refractivity (Wildman–Crippen MR) is 89.3 cm³/mol. The summed E-state index contributed by atoms with van der Waals surface area (Å²) >= 11 is 0. The van der Waals surface area contributed by atoms with E-state index in [-0.39, 0.29) is 6.54 Å². The van der Waals surface area contributed by atoms with Gasteiger partial charge in [0.1, 0.15) is 0 Å². The summed E-state index contributed by atoms with van der Waals surface area (Å²) in [5.41, 5.74) is 0.802. The lowest BCUT2D eigenvalue weighted by Crippen LogP contribution is -2.23. The Labute approximate surface area is 145 Å². The molecule has 0 saturated heterocycles. The number of sulfonamides is 1. The first-order chi connectivity index (χ1) is 11.6. The summed E-state index contributed by atoms with van der Waals surface area (Å²) in [4.78, 5) is 1.59. The average Bonchev–Trinajstić information content (AvgIpc) is 2.53. The Morgan fingerprint density at radius 2 is 1.60 bits per heavy atom. The molecule has 0 unspecified atom stereocenters. The van der Waals surface area contributed by atoms with Gasteiger partial charge in [0.2, 0.25) is 10.0 Å². The van der Waals surface area contributed by atoms with Gasteiger partial charge in [0.15, 0.2) is 0 Å². The number of benzene rings is 2. The maximum Gasteiger partial charge on any atom is 0.416 e. The standard InChI is InChI=1S/C17H19F3N2O2S/c1-22(2)12-14-8-6-13(7-9-14)11-21-25(23,24)16-5-3-4-15(10-16)17(18,19)20/h3-10,21H,11-12H2,1-2H3.